The number of amides is 2. The van der Waals surface area contributed by atoms with Crippen LogP contribution in [0.2, 0.25) is 0 Å². The molecule has 0 spiro atoms. The van der Waals surface area contributed by atoms with Crippen molar-refractivity contribution in [3.8, 4) is 0 Å². The number of carbonyl (C=O) groups excluding carboxylic acids is 2. The summed E-state index contributed by atoms with van der Waals surface area (Å²) in [5.74, 6) is 1.24. The molecule has 148 valence electrons. The number of likely N-dealkylation sites (tertiary alicyclic amines) is 1. The first kappa shape index (κ1) is 19.7. The summed E-state index contributed by atoms with van der Waals surface area (Å²) in [5, 5.41) is 0. The molecule has 0 N–H and O–H groups in total. The summed E-state index contributed by atoms with van der Waals surface area (Å²) in [6, 6.07) is 10.3. The fourth-order valence-electron chi connectivity index (χ4n) is 3.92. The average molecular weight is 373 g/mol. The summed E-state index contributed by atoms with van der Waals surface area (Å²) >= 11 is 0. The molecule has 1 aliphatic carbocycles. The number of ether oxygens (including phenoxy) is 1. The van der Waals surface area contributed by atoms with Gasteiger partial charge in [-0.2, -0.15) is 0 Å². The van der Waals surface area contributed by atoms with E-state index < -0.39 is 5.60 Å². The van der Waals surface area contributed by atoms with Crippen LogP contribution in [-0.4, -0.2) is 54.1 Å². The number of carbonyl (C=O) groups is 2. The first-order chi connectivity index (χ1) is 12.7. The van der Waals surface area contributed by atoms with Gasteiger partial charge in [-0.15, -0.1) is 0 Å². The molecule has 5 nitrogen and oxygen atoms in total. The molecule has 1 heterocycles. The van der Waals surface area contributed by atoms with Crippen LogP contribution < -0.4 is 0 Å². The fourth-order valence-corrected chi connectivity index (χ4v) is 3.92. The fraction of sp³-hybridized carbons (Fsp3) is 0.636. The summed E-state index contributed by atoms with van der Waals surface area (Å²) in [7, 11) is 1.92. The highest BCUT2D eigenvalue weighted by atomic mass is 16.6. The quantitative estimate of drug-likeness (QED) is 0.805. The minimum Gasteiger partial charge on any atom is -0.444 e. The maximum absolute atomic E-state index is 12.7. The Morgan fingerprint density at radius 1 is 1.15 bits per heavy atom. The van der Waals surface area contributed by atoms with Gasteiger partial charge in [0.05, 0.1) is 0 Å². The number of nitrogens with zero attached hydrogens (tertiary/aromatic N) is 2. The molecular weight excluding hydrogens is 340 g/mol. The molecule has 0 aromatic heterocycles. The van der Waals surface area contributed by atoms with Gasteiger partial charge in [-0.3, -0.25) is 4.79 Å². The van der Waals surface area contributed by atoms with Crippen molar-refractivity contribution in [2.45, 2.75) is 51.6 Å². The SMILES string of the molecule is CN(CC1CCN(C(=O)OC(C)(C)C)CC1)C(=O)C1CC1c1ccccc1. The Hall–Kier alpha value is -2.04. The normalized spacial score (nSPS) is 23.0. The number of hydrogen-bond donors (Lipinski definition) is 0. The molecule has 27 heavy (non-hydrogen) atoms. The second-order valence-corrected chi connectivity index (χ2v) is 8.99. The molecule has 1 saturated carbocycles. The molecule has 0 radical (unpaired) electrons. The molecular formula is C22H32N2O3. The van der Waals surface area contributed by atoms with E-state index >= 15 is 0 Å². The first-order valence-corrected chi connectivity index (χ1v) is 10.0. The molecule has 0 bridgehead atoms. The Morgan fingerprint density at radius 3 is 2.37 bits per heavy atom. The lowest BCUT2D eigenvalue weighted by molar-refractivity contribution is -0.132. The van der Waals surface area contributed by atoms with Gasteiger partial charge < -0.3 is 14.5 Å². The van der Waals surface area contributed by atoms with Crippen molar-refractivity contribution >= 4 is 12.0 Å². The monoisotopic (exact) mass is 372 g/mol. The van der Waals surface area contributed by atoms with Crippen LogP contribution >= 0.6 is 0 Å². The van der Waals surface area contributed by atoms with E-state index in [1.54, 1.807) is 4.90 Å². The van der Waals surface area contributed by atoms with Gasteiger partial charge in [0.1, 0.15) is 5.60 Å². The number of hydrogen-bond acceptors (Lipinski definition) is 3. The van der Waals surface area contributed by atoms with E-state index in [-0.39, 0.29) is 17.9 Å². The van der Waals surface area contributed by atoms with Crippen LogP contribution in [0.1, 0.15) is 51.5 Å². The molecule has 2 aliphatic rings. The average Bonchev–Trinajstić information content (AvgIpc) is 3.41. The molecule has 2 fully saturated rings. The Balaban J connectivity index is 1.43. The maximum Gasteiger partial charge on any atom is 0.410 e. The minimum atomic E-state index is -0.458. The van der Waals surface area contributed by atoms with Crippen molar-refractivity contribution in [2.24, 2.45) is 11.8 Å². The summed E-state index contributed by atoms with van der Waals surface area (Å²) < 4.78 is 5.45. The zero-order valence-electron chi connectivity index (χ0n) is 17.0. The molecule has 1 aromatic rings. The predicted octanol–water partition coefficient (Wildman–Crippen LogP) is 3.90. The Labute approximate surface area is 162 Å². The lowest BCUT2D eigenvalue weighted by Gasteiger charge is -2.35. The number of benzene rings is 1. The standard InChI is InChI=1S/C22H32N2O3/c1-22(2,3)27-21(26)24-12-10-16(11-13-24)15-23(4)20(25)19-14-18(19)17-8-6-5-7-9-17/h5-9,16,18-19H,10-15H2,1-4H3. The summed E-state index contributed by atoms with van der Waals surface area (Å²) in [4.78, 5) is 28.6. The van der Waals surface area contributed by atoms with Crippen molar-refractivity contribution < 1.29 is 14.3 Å². The van der Waals surface area contributed by atoms with Crippen LogP contribution in [0.3, 0.4) is 0 Å². The van der Waals surface area contributed by atoms with E-state index in [2.05, 4.69) is 12.1 Å². The van der Waals surface area contributed by atoms with Crippen molar-refractivity contribution in [3.63, 3.8) is 0 Å². The van der Waals surface area contributed by atoms with Crippen LogP contribution in [0.15, 0.2) is 30.3 Å². The van der Waals surface area contributed by atoms with E-state index in [4.69, 9.17) is 4.74 Å². The van der Waals surface area contributed by atoms with Gasteiger partial charge in [0, 0.05) is 32.6 Å². The Kier molecular flexibility index (Phi) is 5.78. The lowest BCUT2D eigenvalue weighted by atomic mass is 9.96. The molecule has 1 saturated heterocycles. The van der Waals surface area contributed by atoms with Crippen molar-refractivity contribution in [2.75, 3.05) is 26.7 Å². The third-order valence-electron chi connectivity index (χ3n) is 5.51. The number of piperidine rings is 1. The van der Waals surface area contributed by atoms with E-state index in [1.807, 2.05) is 50.9 Å². The molecule has 2 atom stereocenters. The highest BCUT2D eigenvalue weighted by Gasteiger charge is 2.45. The lowest BCUT2D eigenvalue weighted by Crippen LogP contribution is -2.44. The predicted molar refractivity (Wildman–Crippen MR) is 105 cm³/mol. The van der Waals surface area contributed by atoms with Crippen molar-refractivity contribution in [3.05, 3.63) is 35.9 Å². The van der Waals surface area contributed by atoms with Crippen LogP contribution in [0.25, 0.3) is 0 Å². The molecule has 3 rings (SSSR count). The van der Waals surface area contributed by atoms with Gasteiger partial charge in [0.25, 0.3) is 0 Å². The van der Waals surface area contributed by atoms with Gasteiger partial charge in [0.2, 0.25) is 5.91 Å². The Morgan fingerprint density at radius 2 is 1.78 bits per heavy atom. The van der Waals surface area contributed by atoms with Crippen LogP contribution in [0.4, 0.5) is 4.79 Å². The zero-order chi connectivity index (χ0) is 19.6. The topological polar surface area (TPSA) is 49.9 Å². The first-order valence-electron chi connectivity index (χ1n) is 10.0. The van der Waals surface area contributed by atoms with E-state index in [0.29, 0.717) is 24.9 Å². The molecule has 1 aromatic carbocycles. The van der Waals surface area contributed by atoms with Crippen LogP contribution in [0, 0.1) is 11.8 Å². The smallest absolute Gasteiger partial charge is 0.410 e. The molecule has 5 heteroatoms. The molecule has 2 amide bonds. The van der Waals surface area contributed by atoms with Gasteiger partial charge in [-0.05, 0) is 57.4 Å². The largest absolute Gasteiger partial charge is 0.444 e. The minimum absolute atomic E-state index is 0.138. The molecule has 2 unspecified atom stereocenters. The maximum atomic E-state index is 12.7. The highest BCUT2D eigenvalue weighted by molar-refractivity contribution is 5.82. The van der Waals surface area contributed by atoms with Gasteiger partial charge in [0.15, 0.2) is 0 Å². The second-order valence-electron chi connectivity index (χ2n) is 8.99. The van der Waals surface area contributed by atoms with Crippen molar-refractivity contribution in [1.82, 2.24) is 9.80 Å². The second kappa shape index (κ2) is 7.91. The molecule has 1 aliphatic heterocycles. The van der Waals surface area contributed by atoms with Gasteiger partial charge >= 0.3 is 6.09 Å². The van der Waals surface area contributed by atoms with Crippen LogP contribution in [-0.2, 0) is 9.53 Å². The summed E-state index contributed by atoms with van der Waals surface area (Å²) in [5.41, 5.74) is 0.815. The van der Waals surface area contributed by atoms with Crippen molar-refractivity contribution in [1.29, 1.82) is 0 Å². The number of rotatable bonds is 4. The van der Waals surface area contributed by atoms with Gasteiger partial charge in [-0.25, -0.2) is 4.79 Å². The summed E-state index contributed by atoms with van der Waals surface area (Å²) in [6.07, 6.45) is 2.58. The highest BCUT2D eigenvalue weighted by Crippen LogP contribution is 2.48. The van der Waals surface area contributed by atoms with E-state index in [1.165, 1.54) is 5.56 Å². The zero-order valence-corrected chi connectivity index (χ0v) is 17.0. The summed E-state index contributed by atoms with van der Waals surface area (Å²) in [6.45, 7) is 7.85. The Bertz CT molecular complexity index is 660. The third kappa shape index (κ3) is 5.24. The third-order valence-corrected chi connectivity index (χ3v) is 5.51. The van der Waals surface area contributed by atoms with E-state index in [9.17, 15) is 9.59 Å². The van der Waals surface area contributed by atoms with E-state index in [0.717, 1.165) is 25.8 Å². The van der Waals surface area contributed by atoms with Crippen LogP contribution in [0.5, 0.6) is 0 Å². The van der Waals surface area contributed by atoms with Gasteiger partial charge in [-0.1, -0.05) is 30.3 Å².